The molecule has 1 atom stereocenters. The number of hydrogen-bond donors (Lipinski definition) is 3. The average Bonchev–Trinajstić information content (AvgIpc) is 3.14. The number of carboxylic acid groups (broad SMARTS) is 1. The standard InChI is InChI=1S/C27H26N2O5/c1-16-8-7-13-23(17(16)2)28-26(32)24(14-25(30)31)29-27(33)34-15-22-20-11-5-3-9-18(20)19-10-4-6-12-21(19)22/h3-13,22,24H,14-15H2,1-2H3,(H,28,32)(H,29,33)(H,30,31). The molecule has 3 N–H and O–H groups in total. The molecule has 7 nitrogen and oxygen atoms in total. The van der Waals surface area contributed by atoms with E-state index >= 15 is 0 Å². The van der Waals surface area contributed by atoms with E-state index < -0.39 is 30.4 Å². The summed E-state index contributed by atoms with van der Waals surface area (Å²) in [5.41, 5.74) is 6.74. The third kappa shape index (κ3) is 4.78. The van der Waals surface area contributed by atoms with Crippen LogP contribution in [0.2, 0.25) is 0 Å². The summed E-state index contributed by atoms with van der Waals surface area (Å²) in [5, 5.41) is 14.4. The van der Waals surface area contributed by atoms with Crippen LogP contribution in [0.1, 0.15) is 34.6 Å². The van der Waals surface area contributed by atoms with E-state index in [1.165, 1.54) is 0 Å². The summed E-state index contributed by atoms with van der Waals surface area (Å²) in [7, 11) is 0. The minimum atomic E-state index is -1.28. The molecule has 0 heterocycles. The molecule has 1 unspecified atom stereocenters. The summed E-state index contributed by atoms with van der Waals surface area (Å²) in [6.07, 6.45) is -1.41. The van der Waals surface area contributed by atoms with Gasteiger partial charge in [0.05, 0.1) is 6.42 Å². The fourth-order valence-electron chi connectivity index (χ4n) is 4.27. The number of aliphatic carboxylic acids is 1. The number of nitrogens with one attached hydrogen (secondary N) is 2. The number of carbonyl (C=O) groups is 3. The van der Waals surface area contributed by atoms with Crippen molar-refractivity contribution in [3.8, 4) is 11.1 Å². The van der Waals surface area contributed by atoms with Gasteiger partial charge in [-0.2, -0.15) is 0 Å². The minimum absolute atomic E-state index is 0.0677. The van der Waals surface area contributed by atoms with Gasteiger partial charge in [-0.1, -0.05) is 60.7 Å². The molecule has 1 aliphatic rings. The topological polar surface area (TPSA) is 105 Å². The van der Waals surface area contributed by atoms with Gasteiger partial charge in [-0.15, -0.1) is 0 Å². The highest BCUT2D eigenvalue weighted by Gasteiger charge is 2.30. The van der Waals surface area contributed by atoms with E-state index in [4.69, 9.17) is 4.74 Å². The number of aryl methyl sites for hydroxylation is 1. The van der Waals surface area contributed by atoms with Gasteiger partial charge in [0, 0.05) is 11.6 Å². The third-order valence-corrected chi connectivity index (χ3v) is 6.19. The van der Waals surface area contributed by atoms with Crippen molar-refractivity contribution in [3.05, 3.63) is 89.0 Å². The summed E-state index contributed by atoms with van der Waals surface area (Å²) >= 11 is 0. The Kier molecular flexibility index (Phi) is 6.63. The molecule has 7 heteroatoms. The molecule has 0 saturated carbocycles. The molecule has 4 rings (SSSR count). The van der Waals surface area contributed by atoms with Gasteiger partial charge in [0.15, 0.2) is 0 Å². The van der Waals surface area contributed by atoms with Crippen molar-refractivity contribution in [2.24, 2.45) is 0 Å². The Balaban J connectivity index is 1.44. The Bertz CT molecular complexity index is 1210. The second-order valence-electron chi connectivity index (χ2n) is 8.36. The van der Waals surface area contributed by atoms with E-state index in [2.05, 4.69) is 10.6 Å². The highest BCUT2D eigenvalue weighted by atomic mass is 16.5. The zero-order chi connectivity index (χ0) is 24.2. The van der Waals surface area contributed by atoms with Crippen LogP contribution < -0.4 is 10.6 Å². The Morgan fingerprint density at radius 3 is 2.15 bits per heavy atom. The average molecular weight is 459 g/mol. The predicted molar refractivity (Wildman–Crippen MR) is 129 cm³/mol. The van der Waals surface area contributed by atoms with Gasteiger partial charge in [-0.3, -0.25) is 9.59 Å². The van der Waals surface area contributed by atoms with Crippen molar-refractivity contribution in [2.75, 3.05) is 11.9 Å². The van der Waals surface area contributed by atoms with E-state index in [1.807, 2.05) is 68.4 Å². The molecule has 0 bridgehead atoms. The summed E-state index contributed by atoms with van der Waals surface area (Å²) < 4.78 is 5.47. The molecule has 34 heavy (non-hydrogen) atoms. The lowest BCUT2D eigenvalue weighted by molar-refractivity contribution is -0.139. The van der Waals surface area contributed by atoms with Crippen molar-refractivity contribution >= 4 is 23.7 Å². The zero-order valence-corrected chi connectivity index (χ0v) is 19.0. The number of carboxylic acids is 1. The highest BCUT2D eigenvalue weighted by molar-refractivity contribution is 5.99. The molecule has 1 aliphatic carbocycles. The highest BCUT2D eigenvalue weighted by Crippen LogP contribution is 2.44. The van der Waals surface area contributed by atoms with Crippen molar-refractivity contribution in [1.29, 1.82) is 0 Å². The quantitative estimate of drug-likeness (QED) is 0.479. The van der Waals surface area contributed by atoms with Crippen molar-refractivity contribution in [3.63, 3.8) is 0 Å². The molecule has 3 aromatic rings. The van der Waals surface area contributed by atoms with Crippen LogP contribution >= 0.6 is 0 Å². The van der Waals surface area contributed by atoms with Gasteiger partial charge in [0.25, 0.3) is 0 Å². The van der Waals surface area contributed by atoms with Crippen LogP contribution in [-0.2, 0) is 14.3 Å². The van der Waals surface area contributed by atoms with E-state index in [9.17, 15) is 19.5 Å². The lowest BCUT2D eigenvalue weighted by atomic mass is 9.98. The van der Waals surface area contributed by atoms with Gasteiger partial charge < -0.3 is 20.5 Å². The summed E-state index contributed by atoms with van der Waals surface area (Å²) in [4.78, 5) is 36.7. The van der Waals surface area contributed by atoms with Crippen LogP contribution in [0.15, 0.2) is 66.7 Å². The number of amides is 2. The van der Waals surface area contributed by atoms with Crippen molar-refractivity contribution < 1.29 is 24.2 Å². The number of alkyl carbamates (subject to hydrolysis) is 1. The molecule has 174 valence electrons. The van der Waals surface area contributed by atoms with Crippen LogP contribution in [0.4, 0.5) is 10.5 Å². The van der Waals surface area contributed by atoms with Gasteiger partial charge in [0.2, 0.25) is 5.91 Å². The number of ether oxygens (including phenoxy) is 1. The van der Waals surface area contributed by atoms with E-state index in [0.29, 0.717) is 5.69 Å². The van der Waals surface area contributed by atoms with Gasteiger partial charge in [-0.25, -0.2) is 4.79 Å². The number of carbonyl (C=O) groups excluding carboxylic acids is 2. The number of anilines is 1. The lowest BCUT2D eigenvalue weighted by Crippen LogP contribution is -2.45. The summed E-state index contributed by atoms with van der Waals surface area (Å²) in [6, 6.07) is 20.1. The van der Waals surface area contributed by atoms with Gasteiger partial charge in [0.1, 0.15) is 12.6 Å². The Labute approximate surface area is 197 Å². The summed E-state index contributed by atoms with van der Waals surface area (Å²) in [6.45, 7) is 3.84. The zero-order valence-electron chi connectivity index (χ0n) is 19.0. The monoisotopic (exact) mass is 458 g/mol. The molecule has 0 aromatic heterocycles. The second kappa shape index (κ2) is 9.79. The lowest BCUT2D eigenvalue weighted by Gasteiger charge is -2.19. The number of hydrogen-bond acceptors (Lipinski definition) is 4. The Morgan fingerprint density at radius 2 is 1.53 bits per heavy atom. The first-order valence-corrected chi connectivity index (χ1v) is 11.1. The molecular formula is C27H26N2O5. The Morgan fingerprint density at radius 1 is 0.912 bits per heavy atom. The largest absolute Gasteiger partial charge is 0.481 e. The van der Waals surface area contributed by atoms with E-state index in [0.717, 1.165) is 33.4 Å². The van der Waals surface area contributed by atoms with Crippen LogP contribution in [0, 0.1) is 13.8 Å². The number of fused-ring (bicyclic) bond motifs is 3. The maximum Gasteiger partial charge on any atom is 0.407 e. The fraction of sp³-hybridized carbons (Fsp3) is 0.222. The molecular weight excluding hydrogens is 432 g/mol. The van der Waals surface area contributed by atoms with Crippen LogP contribution in [0.3, 0.4) is 0 Å². The number of benzene rings is 3. The normalized spacial score (nSPS) is 12.9. The molecule has 3 aromatic carbocycles. The maximum absolute atomic E-state index is 12.8. The maximum atomic E-state index is 12.8. The molecule has 0 spiro atoms. The van der Waals surface area contributed by atoms with Crippen LogP contribution in [-0.4, -0.2) is 35.7 Å². The van der Waals surface area contributed by atoms with Crippen molar-refractivity contribution in [2.45, 2.75) is 32.2 Å². The van der Waals surface area contributed by atoms with Gasteiger partial charge in [-0.05, 0) is 53.3 Å². The third-order valence-electron chi connectivity index (χ3n) is 6.19. The van der Waals surface area contributed by atoms with Crippen LogP contribution in [0.25, 0.3) is 11.1 Å². The van der Waals surface area contributed by atoms with E-state index in [1.54, 1.807) is 12.1 Å². The second-order valence-corrected chi connectivity index (χ2v) is 8.36. The fourth-order valence-corrected chi connectivity index (χ4v) is 4.27. The molecule has 0 fully saturated rings. The van der Waals surface area contributed by atoms with E-state index in [-0.39, 0.29) is 12.5 Å². The first kappa shape index (κ1) is 23.0. The molecule has 2 amide bonds. The molecule has 0 saturated heterocycles. The Hall–Kier alpha value is -4.13. The van der Waals surface area contributed by atoms with Crippen LogP contribution in [0.5, 0.6) is 0 Å². The predicted octanol–water partition coefficient (Wildman–Crippen LogP) is 4.62. The summed E-state index contributed by atoms with van der Waals surface area (Å²) in [5.74, 6) is -1.97. The molecule has 0 aliphatic heterocycles. The van der Waals surface area contributed by atoms with Crippen molar-refractivity contribution in [1.82, 2.24) is 5.32 Å². The smallest absolute Gasteiger partial charge is 0.407 e. The molecule has 0 radical (unpaired) electrons. The first-order chi connectivity index (χ1) is 16.3. The first-order valence-electron chi connectivity index (χ1n) is 11.1. The number of rotatable bonds is 7. The van der Waals surface area contributed by atoms with Gasteiger partial charge >= 0.3 is 12.1 Å². The SMILES string of the molecule is Cc1cccc(NC(=O)C(CC(=O)O)NC(=O)OCC2c3ccccc3-c3ccccc32)c1C. The minimum Gasteiger partial charge on any atom is -0.481 e.